The molecular formula is C21H25ClN4O2. The predicted molar refractivity (Wildman–Crippen MR) is 115 cm³/mol. The number of anilines is 1. The zero-order valence-electron chi connectivity index (χ0n) is 16.0. The van der Waals surface area contributed by atoms with Gasteiger partial charge in [-0.3, -0.25) is 9.59 Å². The number of fused-ring (bicyclic) bond motifs is 1. The van der Waals surface area contributed by atoms with Gasteiger partial charge in [-0.25, -0.2) is 4.68 Å². The van der Waals surface area contributed by atoms with Crippen molar-refractivity contribution in [1.29, 1.82) is 0 Å². The Hall–Kier alpha value is -2.86. The Morgan fingerprint density at radius 3 is 2.39 bits per heavy atom. The van der Waals surface area contributed by atoms with Crippen LogP contribution in [0, 0.1) is 5.92 Å². The van der Waals surface area contributed by atoms with Gasteiger partial charge in [-0.15, -0.1) is 12.4 Å². The summed E-state index contributed by atoms with van der Waals surface area (Å²) in [7, 11) is 0. The first-order valence-electron chi connectivity index (χ1n) is 9.08. The number of amides is 1. The van der Waals surface area contributed by atoms with E-state index in [9.17, 15) is 9.59 Å². The van der Waals surface area contributed by atoms with Crippen molar-refractivity contribution in [2.45, 2.75) is 26.8 Å². The van der Waals surface area contributed by atoms with Crippen LogP contribution in [0.2, 0.25) is 0 Å². The highest BCUT2D eigenvalue weighted by molar-refractivity contribution is 6.04. The van der Waals surface area contributed by atoms with Gasteiger partial charge in [0.25, 0.3) is 11.5 Å². The molecule has 0 aliphatic carbocycles. The maximum absolute atomic E-state index is 12.7. The lowest BCUT2D eigenvalue weighted by Crippen LogP contribution is -2.32. The van der Waals surface area contributed by atoms with Gasteiger partial charge in [0.1, 0.15) is 0 Å². The third kappa shape index (κ3) is 4.89. The van der Waals surface area contributed by atoms with Crippen LogP contribution in [0.1, 0.15) is 29.9 Å². The molecule has 1 amide bonds. The SMILES string of the molecule is CC(C)Cn1nc(C(=O)NCCc2ccc(N)cc2)c2ccccc2c1=O.Cl. The van der Waals surface area contributed by atoms with Gasteiger partial charge in [-0.05, 0) is 36.1 Å². The average Bonchev–Trinajstić information content (AvgIpc) is 2.65. The molecule has 3 rings (SSSR count). The molecule has 1 aromatic heterocycles. The number of nitrogens with zero attached hydrogens (tertiary/aromatic N) is 2. The first-order valence-corrected chi connectivity index (χ1v) is 9.08. The van der Waals surface area contributed by atoms with E-state index in [1.54, 1.807) is 24.3 Å². The summed E-state index contributed by atoms with van der Waals surface area (Å²) in [5.41, 5.74) is 7.60. The van der Waals surface area contributed by atoms with E-state index in [4.69, 9.17) is 5.73 Å². The van der Waals surface area contributed by atoms with Crippen LogP contribution in [0.4, 0.5) is 5.69 Å². The minimum atomic E-state index is -0.279. The molecule has 3 N–H and O–H groups in total. The smallest absolute Gasteiger partial charge is 0.274 e. The maximum atomic E-state index is 12.7. The Labute approximate surface area is 170 Å². The van der Waals surface area contributed by atoms with Crippen LogP contribution in [0.25, 0.3) is 10.8 Å². The summed E-state index contributed by atoms with van der Waals surface area (Å²) in [6.07, 6.45) is 0.690. The Bertz CT molecular complexity index is 1010. The van der Waals surface area contributed by atoms with E-state index in [0.29, 0.717) is 36.0 Å². The number of benzene rings is 2. The molecule has 0 radical (unpaired) electrons. The number of aromatic nitrogens is 2. The fourth-order valence-corrected chi connectivity index (χ4v) is 2.96. The van der Waals surface area contributed by atoms with Crippen molar-refractivity contribution in [3.8, 4) is 0 Å². The summed E-state index contributed by atoms with van der Waals surface area (Å²) < 4.78 is 1.39. The first-order chi connectivity index (χ1) is 13.0. The molecule has 0 aliphatic heterocycles. The van der Waals surface area contributed by atoms with E-state index in [2.05, 4.69) is 10.4 Å². The fraction of sp³-hybridized carbons (Fsp3) is 0.286. The van der Waals surface area contributed by atoms with Gasteiger partial charge >= 0.3 is 0 Å². The van der Waals surface area contributed by atoms with E-state index < -0.39 is 0 Å². The van der Waals surface area contributed by atoms with E-state index in [1.807, 2.05) is 38.1 Å². The lowest BCUT2D eigenvalue weighted by Gasteiger charge is -2.12. The molecule has 0 saturated carbocycles. The molecule has 28 heavy (non-hydrogen) atoms. The highest BCUT2D eigenvalue weighted by Gasteiger charge is 2.16. The Kier molecular flexibility index (Phi) is 7.18. The normalized spacial score (nSPS) is 10.7. The maximum Gasteiger partial charge on any atom is 0.274 e. The number of hydrogen-bond donors (Lipinski definition) is 2. The van der Waals surface area contributed by atoms with Crippen LogP contribution in [-0.2, 0) is 13.0 Å². The monoisotopic (exact) mass is 400 g/mol. The van der Waals surface area contributed by atoms with Crippen LogP contribution >= 0.6 is 12.4 Å². The molecule has 0 aliphatic rings. The topological polar surface area (TPSA) is 90.0 Å². The van der Waals surface area contributed by atoms with Crippen LogP contribution in [0.15, 0.2) is 53.3 Å². The minimum Gasteiger partial charge on any atom is -0.399 e. The zero-order chi connectivity index (χ0) is 19.4. The predicted octanol–water partition coefficient (Wildman–Crippen LogP) is 3.03. The second kappa shape index (κ2) is 9.37. The Morgan fingerprint density at radius 2 is 1.75 bits per heavy atom. The molecule has 0 bridgehead atoms. The number of rotatable bonds is 6. The van der Waals surface area contributed by atoms with Crippen molar-refractivity contribution in [2.75, 3.05) is 12.3 Å². The lowest BCUT2D eigenvalue weighted by atomic mass is 10.1. The van der Waals surface area contributed by atoms with E-state index in [1.165, 1.54) is 4.68 Å². The number of nitrogens with one attached hydrogen (secondary N) is 1. The standard InChI is InChI=1S/C21H24N4O2.ClH/c1-14(2)13-25-21(27)18-6-4-3-5-17(18)19(24-25)20(26)23-12-11-15-7-9-16(22)10-8-15;/h3-10,14H,11-13,22H2,1-2H3,(H,23,26);1H. The number of carbonyl (C=O) groups excluding carboxylic acids is 1. The molecule has 7 heteroatoms. The van der Waals surface area contributed by atoms with Crippen molar-refractivity contribution in [1.82, 2.24) is 15.1 Å². The van der Waals surface area contributed by atoms with Crippen LogP contribution < -0.4 is 16.6 Å². The van der Waals surface area contributed by atoms with Gasteiger partial charge in [0.15, 0.2) is 5.69 Å². The van der Waals surface area contributed by atoms with Crippen LogP contribution in [0.5, 0.6) is 0 Å². The molecule has 0 saturated heterocycles. The van der Waals surface area contributed by atoms with Gasteiger partial charge < -0.3 is 11.1 Å². The van der Waals surface area contributed by atoms with Gasteiger partial charge in [-0.2, -0.15) is 5.10 Å². The van der Waals surface area contributed by atoms with Crippen molar-refractivity contribution >= 4 is 34.8 Å². The second-order valence-corrected chi connectivity index (χ2v) is 7.02. The Morgan fingerprint density at radius 1 is 1.11 bits per heavy atom. The zero-order valence-corrected chi connectivity index (χ0v) is 16.8. The summed E-state index contributed by atoms with van der Waals surface area (Å²) in [5, 5.41) is 8.35. The number of carbonyl (C=O) groups is 1. The van der Waals surface area contributed by atoms with Gasteiger partial charge in [-0.1, -0.05) is 44.2 Å². The molecule has 0 spiro atoms. The third-order valence-corrected chi connectivity index (χ3v) is 4.30. The molecule has 2 aromatic carbocycles. The third-order valence-electron chi connectivity index (χ3n) is 4.30. The van der Waals surface area contributed by atoms with Crippen molar-refractivity contribution in [3.05, 3.63) is 70.1 Å². The van der Waals surface area contributed by atoms with Crippen molar-refractivity contribution in [3.63, 3.8) is 0 Å². The molecule has 6 nitrogen and oxygen atoms in total. The molecular weight excluding hydrogens is 376 g/mol. The second-order valence-electron chi connectivity index (χ2n) is 7.02. The molecule has 0 fully saturated rings. The minimum absolute atomic E-state index is 0. The highest BCUT2D eigenvalue weighted by atomic mass is 35.5. The van der Waals surface area contributed by atoms with Gasteiger partial charge in [0.05, 0.1) is 5.39 Å². The van der Waals surface area contributed by atoms with Crippen molar-refractivity contribution in [2.24, 2.45) is 5.92 Å². The summed E-state index contributed by atoms with van der Waals surface area (Å²) in [5.74, 6) is -0.0306. The Balaban J connectivity index is 0.00000280. The summed E-state index contributed by atoms with van der Waals surface area (Å²) in [4.78, 5) is 25.4. The number of halogens is 1. The van der Waals surface area contributed by atoms with Gasteiger partial charge in [0, 0.05) is 24.2 Å². The van der Waals surface area contributed by atoms with Crippen molar-refractivity contribution < 1.29 is 4.79 Å². The fourth-order valence-electron chi connectivity index (χ4n) is 2.96. The molecule has 148 valence electrons. The van der Waals surface area contributed by atoms with Gasteiger partial charge in [0.2, 0.25) is 0 Å². The highest BCUT2D eigenvalue weighted by Crippen LogP contribution is 2.14. The van der Waals surface area contributed by atoms with E-state index in [0.717, 1.165) is 5.56 Å². The molecule has 0 atom stereocenters. The van der Waals surface area contributed by atoms with E-state index in [-0.39, 0.29) is 35.5 Å². The lowest BCUT2D eigenvalue weighted by molar-refractivity contribution is 0.0948. The summed E-state index contributed by atoms with van der Waals surface area (Å²) >= 11 is 0. The first kappa shape index (κ1) is 21.4. The number of nitrogen functional groups attached to an aromatic ring is 1. The summed E-state index contributed by atoms with van der Waals surface area (Å²) in [6.45, 7) is 4.96. The van der Waals surface area contributed by atoms with Crippen LogP contribution in [0.3, 0.4) is 0 Å². The quantitative estimate of drug-likeness (QED) is 0.622. The molecule has 1 heterocycles. The largest absolute Gasteiger partial charge is 0.399 e. The summed E-state index contributed by atoms with van der Waals surface area (Å²) in [6, 6.07) is 14.7. The number of nitrogens with two attached hydrogens (primary N) is 1. The molecule has 0 unspecified atom stereocenters. The van der Waals surface area contributed by atoms with Crippen LogP contribution in [-0.4, -0.2) is 22.2 Å². The molecule has 3 aromatic rings. The number of hydrogen-bond acceptors (Lipinski definition) is 4. The van der Waals surface area contributed by atoms with E-state index >= 15 is 0 Å². The average molecular weight is 401 g/mol.